The Morgan fingerprint density at radius 1 is 0.821 bits per heavy atom. The van der Waals surface area contributed by atoms with Gasteiger partial charge in [-0.1, -0.05) is 30.3 Å². The Balaban J connectivity index is 1.91. The number of hydrazone groups is 1. The van der Waals surface area contributed by atoms with Gasteiger partial charge in [0.15, 0.2) is 0 Å². The minimum atomic E-state index is -0.540. The van der Waals surface area contributed by atoms with Crippen LogP contribution in [0.25, 0.3) is 0 Å². The van der Waals surface area contributed by atoms with Gasteiger partial charge >= 0.3 is 5.97 Å². The molecule has 0 spiro atoms. The van der Waals surface area contributed by atoms with E-state index >= 15 is 0 Å². The molecule has 0 aromatic heterocycles. The van der Waals surface area contributed by atoms with Crippen molar-refractivity contribution in [3.8, 4) is 11.5 Å². The van der Waals surface area contributed by atoms with Crippen molar-refractivity contribution < 1.29 is 19.1 Å². The second kappa shape index (κ2) is 8.64. The summed E-state index contributed by atoms with van der Waals surface area (Å²) >= 11 is 0. The molecule has 6 heteroatoms. The number of para-hydroxylation sites is 1. The number of Topliss-reactive ketones (excluding diaryl/α,β-unsaturated/α-hetero) is 1. The van der Waals surface area contributed by atoms with Crippen LogP contribution < -0.4 is 15.3 Å². The smallest absolute Gasteiger partial charge is 0.343 e. The van der Waals surface area contributed by atoms with Crippen molar-refractivity contribution in [2.24, 2.45) is 10.9 Å². The molecule has 0 heterocycles. The highest BCUT2D eigenvalue weighted by Gasteiger charge is 2.21. The third kappa shape index (κ3) is 4.07. The van der Waals surface area contributed by atoms with Crippen molar-refractivity contribution in [2.75, 3.05) is 7.11 Å². The third-order valence-electron chi connectivity index (χ3n) is 4.05. The minimum Gasteiger partial charge on any atom is -0.497 e. The van der Waals surface area contributed by atoms with Gasteiger partial charge in [0.25, 0.3) is 0 Å². The van der Waals surface area contributed by atoms with E-state index in [1.807, 2.05) is 0 Å². The van der Waals surface area contributed by atoms with Crippen LogP contribution in [0.1, 0.15) is 26.3 Å². The SMILES string of the molecule is COc1ccc(C(=O)/C(=N/N)c2ccccc2OC(=O)c2ccccc2)cc1. The molecule has 0 amide bonds. The fraction of sp³-hybridized carbons (Fsp3) is 0.0455. The molecule has 3 aromatic carbocycles. The Bertz CT molecular complexity index is 1010. The number of hydrogen-bond donors (Lipinski definition) is 1. The fourth-order valence-electron chi connectivity index (χ4n) is 2.61. The highest BCUT2D eigenvalue weighted by molar-refractivity contribution is 6.51. The second-order valence-corrected chi connectivity index (χ2v) is 5.79. The van der Waals surface area contributed by atoms with Crippen molar-refractivity contribution >= 4 is 17.5 Å². The maximum absolute atomic E-state index is 12.9. The summed E-state index contributed by atoms with van der Waals surface area (Å²) < 4.78 is 10.6. The molecule has 140 valence electrons. The molecule has 0 atom stereocenters. The van der Waals surface area contributed by atoms with Crippen LogP contribution in [-0.4, -0.2) is 24.6 Å². The van der Waals surface area contributed by atoms with Gasteiger partial charge < -0.3 is 15.3 Å². The number of methoxy groups -OCH3 is 1. The zero-order chi connectivity index (χ0) is 19.9. The first-order chi connectivity index (χ1) is 13.6. The van der Waals surface area contributed by atoms with Crippen LogP contribution in [0.5, 0.6) is 11.5 Å². The lowest BCUT2D eigenvalue weighted by atomic mass is 10.00. The van der Waals surface area contributed by atoms with E-state index in [0.717, 1.165) is 0 Å². The largest absolute Gasteiger partial charge is 0.497 e. The Hall–Kier alpha value is -3.93. The number of benzene rings is 3. The number of carbonyl (C=O) groups excluding carboxylic acids is 2. The average Bonchev–Trinajstić information content (AvgIpc) is 2.76. The summed E-state index contributed by atoms with van der Waals surface area (Å²) in [5, 5.41) is 3.66. The summed E-state index contributed by atoms with van der Waals surface area (Å²) in [7, 11) is 1.54. The Morgan fingerprint density at radius 3 is 2.11 bits per heavy atom. The summed E-state index contributed by atoms with van der Waals surface area (Å²) in [4.78, 5) is 25.3. The van der Waals surface area contributed by atoms with E-state index in [-0.39, 0.29) is 11.5 Å². The van der Waals surface area contributed by atoms with E-state index < -0.39 is 11.8 Å². The van der Waals surface area contributed by atoms with Gasteiger partial charge in [-0.15, -0.1) is 0 Å². The van der Waals surface area contributed by atoms with Crippen molar-refractivity contribution in [3.63, 3.8) is 0 Å². The van der Waals surface area contributed by atoms with E-state index in [0.29, 0.717) is 22.4 Å². The quantitative estimate of drug-likeness (QED) is 0.178. The monoisotopic (exact) mass is 374 g/mol. The van der Waals surface area contributed by atoms with E-state index in [1.54, 1.807) is 86.0 Å². The molecule has 0 aliphatic rings. The summed E-state index contributed by atoms with van der Waals surface area (Å²) in [5.74, 6) is 5.40. The lowest BCUT2D eigenvalue weighted by Gasteiger charge is -2.11. The molecule has 0 saturated carbocycles. The molecule has 6 nitrogen and oxygen atoms in total. The van der Waals surface area contributed by atoms with Crippen LogP contribution in [0.3, 0.4) is 0 Å². The summed E-state index contributed by atoms with van der Waals surface area (Å²) in [5.41, 5.74) is 1.09. The maximum atomic E-state index is 12.9. The fourth-order valence-corrected chi connectivity index (χ4v) is 2.61. The lowest BCUT2D eigenvalue weighted by molar-refractivity contribution is 0.0734. The van der Waals surface area contributed by atoms with Crippen LogP contribution in [-0.2, 0) is 0 Å². The summed E-state index contributed by atoms with van der Waals surface area (Å²) in [6.07, 6.45) is 0. The summed E-state index contributed by atoms with van der Waals surface area (Å²) in [6.45, 7) is 0. The first kappa shape index (κ1) is 18.8. The molecule has 0 saturated heterocycles. The predicted octanol–water partition coefficient (Wildman–Crippen LogP) is 3.46. The number of ketones is 1. The highest BCUT2D eigenvalue weighted by Crippen LogP contribution is 2.23. The van der Waals surface area contributed by atoms with Gasteiger partial charge in [0.1, 0.15) is 17.2 Å². The molecule has 0 aliphatic carbocycles. The van der Waals surface area contributed by atoms with Gasteiger partial charge in [-0.2, -0.15) is 5.10 Å². The molecular weight excluding hydrogens is 356 g/mol. The van der Waals surface area contributed by atoms with Gasteiger partial charge in [-0.05, 0) is 48.5 Å². The number of carbonyl (C=O) groups is 2. The molecule has 3 aromatic rings. The molecule has 3 rings (SSSR count). The van der Waals surface area contributed by atoms with Gasteiger partial charge in [0.05, 0.1) is 12.7 Å². The third-order valence-corrected chi connectivity index (χ3v) is 4.05. The van der Waals surface area contributed by atoms with E-state index in [9.17, 15) is 9.59 Å². The maximum Gasteiger partial charge on any atom is 0.343 e. The van der Waals surface area contributed by atoms with Crippen molar-refractivity contribution in [2.45, 2.75) is 0 Å². The molecule has 0 radical (unpaired) electrons. The first-order valence-corrected chi connectivity index (χ1v) is 8.47. The van der Waals surface area contributed by atoms with Gasteiger partial charge in [0, 0.05) is 11.1 Å². The first-order valence-electron chi connectivity index (χ1n) is 8.47. The van der Waals surface area contributed by atoms with E-state index in [2.05, 4.69) is 5.10 Å². The predicted molar refractivity (Wildman–Crippen MR) is 106 cm³/mol. The molecule has 0 bridgehead atoms. The second-order valence-electron chi connectivity index (χ2n) is 5.79. The van der Waals surface area contributed by atoms with Crippen LogP contribution in [0.15, 0.2) is 84.0 Å². The zero-order valence-corrected chi connectivity index (χ0v) is 15.2. The van der Waals surface area contributed by atoms with Crippen LogP contribution in [0, 0.1) is 0 Å². The topological polar surface area (TPSA) is 91.0 Å². The number of hydrogen-bond acceptors (Lipinski definition) is 6. The standard InChI is InChI=1S/C22H18N2O4/c1-27-17-13-11-15(12-14-17)21(25)20(24-23)18-9-5-6-10-19(18)28-22(26)16-7-3-2-4-8-16/h2-14H,23H2,1H3/b24-20+. The Kier molecular flexibility index (Phi) is 5.81. The van der Waals surface area contributed by atoms with Crippen LogP contribution in [0.2, 0.25) is 0 Å². The average molecular weight is 374 g/mol. The number of nitrogens with zero attached hydrogens (tertiary/aromatic N) is 1. The molecule has 2 N–H and O–H groups in total. The Labute approximate surface area is 162 Å². The highest BCUT2D eigenvalue weighted by atomic mass is 16.5. The van der Waals surface area contributed by atoms with E-state index in [4.69, 9.17) is 15.3 Å². The number of esters is 1. The van der Waals surface area contributed by atoms with Crippen LogP contribution >= 0.6 is 0 Å². The number of rotatable bonds is 6. The number of nitrogens with two attached hydrogens (primary N) is 1. The molecule has 0 unspecified atom stereocenters. The van der Waals surface area contributed by atoms with Crippen LogP contribution in [0.4, 0.5) is 0 Å². The lowest BCUT2D eigenvalue weighted by Crippen LogP contribution is -2.20. The van der Waals surface area contributed by atoms with Crippen molar-refractivity contribution in [1.29, 1.82) is 0 Å². The molecular formula is C22H18N2O4. The number of ether oxygens (including phenoxy) is 2. The van der Waals surface area contributed by atoms with E-state index in [1.165, 1.54) is 0 Å². The summed E-state index contributed by atoms with van der Waals surface area (Å²) in [6, 6.07) is 21.8. The minimum absolute atomic E-state index is 0.0124. The van der Waals surface area contributed by atoms with Gasteiger partial charge in [-0.3, -0.25) is 4.79 Å². The molecule has 0 fully saturated rings. The Morgan fingerprint density at radius 2 is 1.46 bits per heavy atom. The normalized spacial score (nSPS) is 11.0. The zero-order valence-electron chi connectivity index (χ0n) is 15.2. The van der Waals surface area contributed by atoms with Gasteiger partial charge in [-0.25, -0.2) is 4.79 Å². The van der Waals surface area contributed by atoms with Crippen molar-refractivity contribution in [1.82, 2.24) is 0 Å². The molecule has 0 aliphatic heterocycles. The van der Waals surface area contributed by atoms with Crippen molar-refractivity contribution in [3.05, 3.63) is 95.6 Å². The van der Waals surface area contributed by atoms with Gasteiger partial charge in [0.2, 0.25) is 5.78 Å². The molecule has 28 heavy (non-hydrogen) atoms.